The summed E-state index contributed by atoms with van der Waals surface area (Å²) in [4.78, 5) is 14.4. The van der Waals surface area contributed by atoms with Crippen LogP contribution in [0.4, 0.5) is 11.5 Å². The molecule has 118 valence electrons. The Labute approximate surface area is 124 Å². The first kappa shape index (κ1) is 17.3. The van der Waals surface area contributed by atoms with Gasteiger partial charge < -0.3 is 5.32 Å². The van der Waals surface area contributed by atoms with Crippen LogP contribution >= 0.6 is 0 Å². The number of nitro groups is 1. The van der Waals surface area contributed by atoms with Crippen molar-refractivity contribution in [2.24, 2.45) is 0 Å². The summed E-state index contributed by atoms with van der Waals surface area (Å²) in [6.07, 6.45) is 3.20. The molecule has 0 aliphatic rings. The number of nitrogens with zero attached hydrogens (tertiary/aromatic N) is 3. The Morgan fingerprint density at radius 2 is 2.14 bits per heavy atom. The first-order chi connectivity index (χ1) is 9.75. The maximum Gasteiger partial charge on any atom is 0.277 e. The van der Waals surface area contributed by atoms with Gasteiger partial charge in [-0.2, -0.15) is 0 Å². The summed E-state index contributed by atoms with van der Waals surface area (Å²) in [6.45, 7) is 4.71. The molecule has 0 spiro atoms. The van der Waals surface area contributed by atoms with Crippen molar-refractivity contribution in [3.63, 3.8) is 0 Å². The van der Waals surface area contributed by atoms with Crippen molar-refractivity contribution in [1.82, 2.24) is 9.29 Å². The Bertz CT molecular complexity index is 603. The number of nitrogens with one attached hydrogen (secondary N) is 1. The molecule has 0 saturated heterocycles. The third-order valence-electron chi connectivity index (χ3n) is 2.98. The second-order valence-electron chi connectivity index (χ2n) is 4.65. The number of aromatic nitrogens is 1. The summed E-state index contributed by atoms with van der Waals surface area (Å²) >= 11 is 0. The molecular formula is C12H20N4O4S. The standard InChI is InChI=1S/C12H20N4O4S/c1-4-15(21(3,19)20)7-5-6-13-12-8-11(16(17)18)10(2)9-14-12/h8-9H,4-7H2,1-3H3,(H,13,14). The van der Waals surface area contributed by atoms with Crippen LogP contribution in [0.3, 0.4) is 0 Å². The molecule has 0 amide bonds. The van der Waals surface area contributed by atoms with Crippen LogP contribution in [0.2, 0.25) is 0 Å². The lowest BCUT2D eigenvalue weighted by molar-refractivity contribution is -0.385. The Hall–Kier alpha value is -1.74. The third kappa shape index (κ3) is 5.27. The van der Waals surface area contributed by atoms with Gasteiger partial charge in [-0.15, -0.1) is 0 Å². The van der Waals surface area contributed by atoms with Gasteiger partial charge in [0.15, 0.2) is 0 Å². The number of rotatable bonds is 8. The molecule has 8 nitrogen and oxygen atoms in total. The molecule has 1 aromatic rings. The highest BCUT2D eigenvalue weighted by Gasteiger charge is 2.14. The predicted molar refractivity (Wildman–Crippen MR) is 80.8 cm³/mol. The molecule has 1 N–H and O–H groups in total. The van der Waals surface area contributed by atoms with E-state index in [0.29, 0.717) is 37.4 Å². The zero-order valence-electron chi connectivity index (χ0n) is 12.4. The minimum absolute atomic E-state index is 0.0128. The van der Waals surface area contributed by atoms with Gasteiger partial charge in [0.2, 0.25) is 10.0 Å². The molecule has 0 aromatic carbocycles. The van der Waals surface area contributed by atoms with Gasteiger partial charge in [-0.3, -0.25) is 10.1 Å². The van der Waals surface area contributed by atoms with E-state index < -0.39 is 14.9 Å². The zero-order valence-corrected chi connectivity index (χ0v) is 13.2. The van der Waals surface area contributed by atoms with Crippen LogP contribution in [0.5, 0.6) is 0 Å². The van der Waals surface area contributed by atoms with Crippen molar-refractivity contribution >= 4 is 21.5 Å². The molecule has 21 heavy (non-hydrogen) atoms. The van der Waals surface area contributed by atoms with E-state index in [-0.39, 0.29) is 5.69 Å². The highest BCUT2D eigenvalue weighted by Crippen LogP contribution is 2.19. The summed E-state index contributed by atoms with van der Waals surface area (Å²) in [7, 11) is -3.18. The second kappa shape index (κ2) is 7.32. The van der Waals surface area contributed by atoms with E-state index in [1.807, 2.05) is 0 Å². The Balaban J connectivity index is 2.53. The van der Waals surface area contributed by atoms with Crippen molar-refractivity contribution in [3.05, 3.63) is 27.9 Å². The van der Waals surface area contributed by atoms with Gasteiger partial charge in [0.05, 0.1) is 17.2 Å². The molecule has 1 rings (SSSR count). The lowest BCUT2D eigenvalue weighted by atomic mass is 10.2. The Kier molecular flexibility index (Phi) is 6.03. The molecule has 9 heteroatoms. The van der Waals surface area contributed by atoms with E-state index in [1.165, 1.54) is 22.8 Å². The summed E-state index contributed by atoms with van der Waals surface area (Å²) in [5, 5.41) is 13.8. The average Bonchev–Trinajstić information content (AvgIpc) is 2.38. The minimum Gasteiger partial charge on any atom is -0.370 e. The topological polar surface area (TPSA) is 105 Å². The number of sulfonamides is 1. The smallest absolute Gasteiger partial charge is 0.277 e. The summed E-state index contributed by atoms with van der Waals surface area (Å²) in [6, 6.07) is 1.38. The fourth-order valence-electron chi connectivity index (χ4n) is 1.84. The molecule has 0 fully saturated rings. The predicted octanol–water partition coefficient (Wildman–Crippen LogP) is 1.38. The quantitative estimate of drug-likeness (QED) is 0.441. The third-order valence-corrected chi connectivity index (χ3v) is 4.36. The van der Waals surface area contributed by atoms with Gasteiger partial charge in [-0.1, -0.05) is 6.92 Å². The van der Waals surface area contributed by atoms with Gasteiger partial charge in [-0.25, -0.2) is 17.7 Å². The van der Waals surface area contributed by atoms with Gasteiger partial charge in [0.25, 0.3) is 5.69 Å². The Morgan fingerprint density at radius 3 is 2.67 bits per heavy atom. The summed E-state index contributed by atoms with van der Waals surface area (Å²) in [5.41, 5.74) is 0.513. The van der Waals surface area contributed by atoms with Gasteiger partial charge in [-0.05, 0) is 13.3 Å². The monoisotopic (exact) mass is 316 g/mol. The van der Waals surface area contributed by atoms with Gasteiger partial charge >= 0.3 is 0 Å². The van der Waals surface area contributed by atoms with Crippen LogP contribution in [0.15, 0.2) is 12.3 Å². The maximum atomic E-state index is 11.4. The molecule has 0 bridgehead atoms. The van der Waals surface area contributed by atoms with E-state index in [9.17, 15) is 18.5 Å². The van der Waals surface area contributed by atoms with Crippen LogP contribution in [-0.2, 0) is 10.0 Å². The molecule has 0 saturated carbocycles. The lowest BCUT2D eigenvalue weighted by Gasteiger charge is -2.17. The van der Waals surface area contributed by atoms with E-state index in [2.05, 4.69) is 10.3 Å². The molecular weight excluding hydrogens is 296 g/mol. The molecule has 1 aromatic heterocycles. The van der Waals surface area contributed by atoms with E-state index in [0.717, 1.165) is 0 Å². The fraction of sp³-hybridized carbons (Fsp3) is 0.583. The van der Waals surface area contributed by atoms with Crippen LogP contribution in [-0.4, -0.2) is 48.5 Å². The largest absolute Gasteiger partial charge is 0.370 e. The fourth-order valence-corrected chi connectivity index (χ4v) is 2.77. The molecule has 0 radical (unpaired) electrons. The van der Waals surface area contributed by atoms with Crippen molar-refractivity contribution in [3.8, 4) is 0 Å². The summed E-state index contributed by atoms with van der Waals surface area (Å²) in [5.74, 6) is 0.412. The number of pyridine rings is 1. The lowest BCUT2D eigenvalue weighted by Crippen LogP contribution is -2.31. The SMILES string of the molecule is CCN(CCCNc1cc([N+](=O)[O-])c(C)cn1)S(C)(=O)=O. The van der Waals surface area contributed by atoms with Crippen molar-refractivity contribution < 1.29 is 13.3 Å². The highest BCUT2D eigenvalue weighted by molar-refractivity contribution is 7.88. The van der Waals surface area contributed by atoms with Crippen molar-refractivity contribution in [2.75, 3.05) is 31.2 Å². The highest BCUT2D eigenvalue weighted by atomic mass is 32.2. The average molecular weight is 316 g/mol. The molecule has 0 unspecified atom stereocenters. The van der Waals surface area contributed by atoms with E-state index >= 15 is 0 Å². The first-order valence-corrected chi connectivity index (χ1v) is 8.40. The number of hydrogen-bond acceptors (Lipinski definition) is 6. The number of hydrogen-bond donors (Lipinski definition) is 1. The molecule has 1 heterocycles. The van der Waals surface area contributed by atoms with Crippen LogP contribution in [0, 0.1) is 17.0 Å². The maximum absolute atomic E-state index is 11.4. The van der Waals surface area contributed by atoms with Gasteiger partial charge in [0.1, 0.15) is 5.82 Å². The number of anilines is 1. The first-order valence-electron chi connectivity index (χ1n) is 6.55. The van der Waals surface area contributed by atoms with Crippen molar-refractivity contribution in [1.29, 1.82) is 0 Å². The molecule has 0 aliphatic heterocycles. The van der Waals surface area contributed by atoms with E-state index in [4.69, 9.17) is 0 Å². The van der Waals surface area contributed by atoms with Crippen LogP contribution in [0.1, 0.15) is 18.9 Å². The Morgan fingerprint density at radius 1 is 1.48 bits per heavy atom. The van der Waals surface area contributed by atoms with Gasteiger partial charge in [0, 0.05) is 31.4 Å². The van der Waals surface area contributed by atoms with E-state index in [1.54, 1.807) is 13.8 Å². The summed E-state index contributed by atoms with van der Waals surface area (Å²) < 4.78 is 24.2. The molecule has 0 atom stereocenters. The normalized spacial score (nSPS) is 11.6. The van der Waals surface area contributed by atoms with Crippen LogP contribution < -0.4 is 5.32 Å². The van der Waals surface area contributed by atoms with Crippen molar-refractivity contribution in [2.45, 2.75) is 20.3 Å². The molecule has 0 aliphatic carbocycles. The minimum atomic E-state index is -3.18. The number of aryl methyl sites for hydroxylation is 1. The zero-order chi connectivity index (χ0) is 16.0. The second-order valence-corrected chi connectivity index (χ2v) is 6.63. The van der Waals surface area contributed by atoms with Crippen LogP contribution in [0.25, 0.3) is 0 Å².